The molecular formula is C15H17N3O3. The first-order valence-electron chi connectivity index (χ1n) is 6.94. The van der Waals surface area contributed by atoms with E-state index in [0.29, 0.717) is 5.69 Å². The first-order chi connectivity index (χ1) is 10.1. The number of carbonyl (C=O) groups excluding carboxylic acids is 2. The second-order valence-electron chi connectivity index (χ2n) is 5.31. The highest BCUT2D eigenvalue weighted by atomic mass is 16.5. The van der Waals surface area contributed by atoms with E-state index in [2.05, 4.69) is 15.2 Å². The second-order valence-corrected chi connectivity index (χ2v) is 5.31. The van der Waals surface area contributed by atoms with E-state index in [1.165, 1.54) is 7.11 Å². The van der Waals surface area contributed by atoms with Gasteiger partial charge in [-0.25, -0.2) is 4.79 Å². The van der Waals surface area contributed by atoms with E-state index in [-0.39, 0.29) is 23.6 Å². The molecule has 0 radical (unpaired) electrons. The Bertz CT molecular complexity index is 622. The third-order valence-corrected chi connectivity index (χ3v) is 3.75. The average Bonchev–Trinajstić information content (AvgIpc) is 3.30. The van der Waals surface area contributed by atoms with Gasteiger partial charge in [-0.1, -0.05) is 12.1 Å². The maximum Gasteiger partial charge on any atom is 0.353 e. The number of hydrogen-bond acceptors (Lipinski definition) is 5. The topological polar surface area (TPSA) is 71.0 Å². The third kappa shape index (κ3) is 2.49. The molecule has 1 aromatic rings. The van der Waals surface area contributed by atoms with Crippen LogP contribution in [0.25, 0.3) is 0 Å². The van der Waals surface area contributed by atoms with Crippen molar-refractivity contribution in [2.24, 2.45) is 11.0 Å². The Morgan fingerprint density at radius 3 is 2.76 bits per heavy atom. The zero-order valence-electron chi connectivity index (χ0n) is 12.0. The van der Waals surface area contributed by atoms with Crippen LogP contribution in [0, 0.1) is 5.92 Å². The van der Waals surface area contributed by atoms with Crippen molar-refractivity contribution in [2.45, 2.75) is 25.8 Å². The van der Waals surface area contributed by atoms with E-state index in [1.807, 2.05) is 24.3 Å². The van der Waals surface area contributed by atoms with Crippen molar-refractivity contribution in [3.8, 4) is 0 Å². The number of amides is 1. The van der Waals surface area contributed by atoms with Crippen LogP contribution in [-0.2, 0) is 14.3 Å². The predicted octanol–water partition coefficient (Wildman–Crippen LogP) is 1.77. The van der Waals surface area contributed by atoms with Crippen molar-refractivity contribution in [3.05, 3.63) is 24.3 Å². The molecule has 1 amide bonds. The van der Waals surface area contributed by atoms with Crippen LogP contribution in [0.15, 0.2) is 29.4 Å². The van der Waals surface area contributed by atoms with Crippen LogP contribution in [0.5, 0.6) is 0 Å². The molecule has 21 heavy (non-hydrogen) atoms. The fourth-order valence-electron chi connectivity index (χ4n) is 2.54. The third-order valence-electron chi connectivity index (χ3n) is 3.75. The molecule has 0 saturated heterocycles. The molecular weight excluding hydrogens is 270 g/mol. The van der Waals surface area contributed by atoms with Crippen LogP contribution < -0.4 is 10.3 Å². The molecule has 110 valence electrons. The van der Waals surface area contributed by atoms with Crippen LogP contribution >= 0.6 is 0 Å². The summed E-state index contributed by atoms with van der Waals surface area (Å²) in [5.41, 5.74) is 1.74. The number of para-hydroxylation sites is 2. The van der Waals surface area contributed by atoms with Gasteiger partial charge in [-0.15, -0.1) is 0 Å². The number of hydrazone groups is 1. The molecule has 1 heterocycles. The van der Waals surface area contributed by atoms with Gasteiger partial charge in [0.05, 0.1) is 18.5 Å². The largest absolute Gasteiger partial charge is 0.464 e. The molecule has 2 aliphatic rings. The van der Waals surface area contributed by atoms with E-state index >= 15 is 0 Å². The van der Waals surface area contributed by atoms with E-state index in [0.717, 1.165) is 18.5 Å². The summed E-state index contributed by atoms with van der Waals surface area (Å²) in [6.07, 6.45) is 2.01. The second kappa shape index (κ2) is 5.20. The van der Waals surface area contributed by atoms with Gasteiger partial charge < -0.3 is 10.1 Å². The smallest absolute Gasteiger partial charge is 0.353 e. The number of esters is 1. The summed E-state index contributed by atoms with van der Waals surface area (Å²) >= 11 is 0. The summed E-state index contributed by atoms with van der Waals surface area (Å²) in [5, 5.41) is 8.93. The van der Waals surface area contributed by atoms with Crippen LogP contribution in [0.1, 0.15) is 19.8 Å². The fraction of sp³-hybridized carbons (Fsp3) is 0.400. The SMILES string of the molecule is COC(=O)/C(C)=N\N1c2ccccc2NC(=O)C1C1CC1. The van der Waals surface area contributed by atoms with Gasteiger partial charge in [0.25, 0.3) is 0 Å². The van der Waals surface area contributed by atoms with Crippen molar-refractivity contribution < 1.29 is 14.3 Å². The number of nitrogens with zero attached hydrogens (tertiary/aromatic N) is 2. The van der Waals surface area contributed by atoms with Crippen LogP contribution in [0.4, 0.5) is 11.4 Å². The number of carbonyl (C=O) groups is 2. The van der Waals surface area contributed by atoms with Crippen LogP contribution in [0.2, 0.25) is 0 Å². The molecule has 3 rings (SSSR count). The lowest BCUT2D eigenvalue weighted by Crippen LogP contribution is -2.47. The normalized spacial score (nSPS) is 21.6. The molecule has 1 fully saturated rings. The number of rotatable bonds is 3. The minimum Gasteiger partial charge on any atom is -0.464 e. The molecule has 1 N–H and O–H groups in total. The number of fused-ring (bicyclic) bond motifs is 1. The molecule has 6 heteroatoms. The van der Waals surface area contributed by atoms with Gasteiger partial charge in [0.15, 0.2) is 0 Å². The highest BCUT2D eigenvalue weighted by Crippen LogP contribution is 2.42. The summed E-state index contributed by atoms with van der Waals surface area (Å²) in [4.78, 5) is 23.9. The Hall–Kier alpha value is -2.37. The maximum atomic E-state index is 12.3. The first kappa shape index (κ1) is 13.6. The van der Waals surface area contributed by atoms with Gasteiger partial charge >= 0.3 is 5.97 Å². The van der Waals surface area contributed by atoms with Crippen LogP contribution in [-0.4, -0.2) is 30.7 Å². The molecule has 1 saturated carbocycles. The Balaban J connectivity index is 2.03. The Labute approximate surface area is 122 Å². The molecule has 1 unspecified atom stereocenters. The molecule has 6 nitrogen and oxygen atoms in total. The Morgan fingerprint density at radius 1 is 1.38 bits per heavy atom. The Morgan fingerprint density at radius 2 is 2.10 bits per heavy atom. The summed E-state index contributed by atoms with van der Waals surface area (Å²) in [6, 6.07) is 7.09. The average molecular weight is 287 g/mol. The molecule has 0 aromatic heterocycles. The van der Waals surface area contributed by atoms with Gasteiger partial charge in [0, 0.05) is 0 Å². The fourth-order valence-corrected chi connectivity index (χ4v) is 2.54. The van der Waals surface area contributed by atoms with E-state index in [1.54, 1.807) is 11.9 Å². The Kier molecular flexibility index (Phi) is 3.37. The molecule has 0 bridgehead atoms. The first-order valence-corrected chi connectivity index (χ1v) is 6.94. The van der Waals surface area contributed by atoms with Gasteiger partial charge in [-0.3, -0.25) is 9.80 Å². The molecule has 1 atom stereocenters. The number of hydrogen-bond donors (Lipinski definition) is 1. The monoisotopic (exact) mass is 287 g/mol. The van der Waals surface area contributed by atoms with Gasteiger partial charge in [0.2, 0.25) is 5.91 Å². The number of nitrogens with one attached hydrogen (secondary N) is 1. The van der Waals surface area contributed by atoms with Crippen molar-refractivity contribution in [1.82, 2.24) is 0 Å². The molecule has 0 spiro atoms. The summed E-state index contributed by atoms with van der Waals surface area (Å²) in [5.74, 6) is -0.279. The van der Waals surface area contributed by atoms with Gasteiger partial charge in [-0.05, 0) is 37.8 Å². The van der Waals surface area contributed by atoms with Crippen molar-refractivity contribution >= 4 is 29.0 Å². The summed E-state index contributed by atoms with van der Waals surface area (Å²) < 4.78 is 4.68. The molecule has 1 aliphatic heterocycles. The lowest BCUT2D eigenvalue weighted by Gasteiger charge is -2.34. The molecule has 1 aromatic carbocycles. The standard InChI is InChI=1S/C15H17N3O3/c1-9(15(20)21-2)17-18-12-6-4-3-5-11(12)16-14(19)13(18)10-7-8-10/h3-6,10,13H,7-8H2,1-2H3,(H,16,19)/b17-9-. The number of ether oxygens (including phenoxy) is 1. The highest BCUT2D eigenvalue weighted by Gasteiger charge is 2.44. The summed E-state index contributed by atoms with van der Waals surface area (Å²) in [6.45, 7) is 1.59. The zero-order chi connectivity index (χ0) is 15.0. The van der Waals surface area contributed by atoms with Crippen molar-refractivity contribution in [1.29, 1.82) is 0 Å². The number of methoxy groups -OCH3 is 1. The zero-order valence-corrected chi connectivity index (χ0v) is 12.0. The van der Waals surface area contributed by atoms with Crippen molar-refractivity contribution in [2.75, 3.05) is 17.4 Å². The van der Waals surface area contributed by atoms with Gasteiger partial charge in [-0.2, -0.15) is 5.10 Å². The predicted molar refractivity (Wildman–Crippen MR) is 79.2 cm³/mol. The van der Waals surface area contributed by atoms with E-state index in [4.69, 9.17) is 0 Å². The lowest BCUT2D eigenvalue weighted by molar-refractivity contribution is -0.132. The van der Waals surface area contributed by atoms with Gasteiger partial charge in [0.1, 0.15) is 11.8 Å². The lowest BCUT2D eigenvalue weighted by atomic mass is 10.1. The minimum atomic E-state index is -0.493. The summed E-state index contributed by atoms with van der Waals surface area (Å²) in [7, 11) is 1.32. The molecule has 1 aliphatic carbocycles. The highest BCUT2D eigenvalue weighted by molar-refractivity contribution is 6.35. The number of benzene rings is 1. The van der Waals surface area contributed by atoms with E-state index in [9.17, 15) is 9.59 Å². The van der Waals surface area contributed by atoms with Crippen LogP contribution in [0.3, 0.4) is 0 Å². The van der Waals surface area contributed by atoms with Crippen molar-refractivity contribution in [3.63, 3.8) is 0 Å². The number of anilines is 2. The van der Waals surface area contributed by atoms with E-state index < -0.39 is 5.97 Å². The quantitative estimate of drug-likeness (QED) is 0.679. The minimum absolute atomic E-state index is 0.0717. The maximum absolute atomic E-state index is 12.3.